The van der Waals surface area contributed by atoms with Crippen LogP contribution in [0.5, 0.6) is 0 Å². The standard InChI is InChI=1S/C14H24N2O3/c1-15(11-6-7-11)13(17)10-16-8-4-3-5-12(16)9-14(18)19-2/h11-12H,3-10H2,1-2H3. The molecule has 0 bridgehead atoms. The highest BCUT2D eigenvalue weighted by molar-refractivity contribution is 5.79. The first-order valence-corrected chi connectivity index (χ1v) is 7.18. The molecule has 1 saturated carbocycles. The largest absolute Gasteiger partial charge is 0.469 e. The van der Waals surface area contributed by atoms with Gasteiger partial charge in [0.2, 0.25) is 5.91 Å². The van der Waals surface area contributed by atoms with Crippen LogP contribution in [0.1, 0.15) is 38.5 Å². The number of hydrogen-bond donors (Lipinski definition) is 0. The molecule has 1 aliphatic heterocycles. The number of ether oxygens (including phenoxy) is 1. The van der Waals surface area contributed by atoms with Crippen molar-refractivity contribution in [2.24, 2.45) is 0 Å². The SMILES string of the molecule is COC(=O)CC1CCCCN1CC(=O)N(C)C1CC1. The van der Waals surface area contributed by atoms with Gasteiger partial charge in [0.25, 0.3) is 0 Å². The Morgan fingerprint density at radius 2 is 2.00 bits per heavy atom. The molecule has 0 radical (unpaired) electrons. The molecule has 0 spiro atoms. The molecule has 1 heterocycles. The van der Waals surface area contributed by atoms with Crippen LogP contribution >= 0.6 is 0 Å². The van der Waals surface area contributed by atoms with Crippen molar-refractivity contribution in [3.8, 4) is 0 Å². The lowest BCUT2D eigenvalue weighted by atomic mass is 9.99. The van der Waals surface area contributed by atoms with Crippen molar-refractivity contribution in [2.75, 3.05) is 27.2 Å². The van der Waals surface area contributed by atoms with Gasteiger partial charge in [0.05, 0.1) is 20.1 Å². The Balaban J connectivity index is 1.87. The summed E-state index contributed by atoms with van der Waals surface area (Å²) in [6.07, 6.45) is 5.89. The minimum atomic E-state index is -0.181. The van der Waals surface area contributed by atoms with Gasteiger partial charge in [0.1, 0.15) is 0 Å². The van der Waals surface area contributed by atoms with Crippen LogP contribution in [-0.2, 0) is 14.3 Å². The summed E-state index contributed by atoms with van der Waals surface area (Å²) < 4.78 is 4.74. The number of hydrogen-bond acceptors (Lipinski definition) is 4. The molecule has 1 saturated heterocycles. The second kappa shape index (κ2) is 6.37. The lowest BCUT2D eigenvalue weighted by Gasteiger charge is -2.35. The minimum absolute atomic E-state index is 0.165. The van der Waals surface area contributed by atoms with Crippen molar-refractivity contribution >= 4 is 11.9 Å². The Hall–Kier alpha value is -1.10. The zero-order valence-corrected chi connectivity index (χ0v) is 11.9. The number of amides is 1. The average molecular weight is 268 g/mol. The molecule has 2 rings (SSSR count). The van der Waals surface area contributed by atoms with Gasteiger partial charge in [-0.15, -0.1) is 0 Å². The third-order valence-electron chi connectivity index (χ3n) is 4.21. The lowest BCUT2D eigenvalue weighted by Crippen LogP contribution is -2.47. The number of nitrogens with zero attached hydrogens (tertiary/aromatic N) is 2. The van der Waals surface area contributed by atoms with Crippen LogP contribution in [0.25, 0.3) is 0 Å². The van der Waals surface area contributed by atoms with Gasteiger partial charge >= 0.3 is 5.97 Å². The molecular weight excluding hydrogens is 244 g/mol. The van der Waals surface area contributed by atoms with E-state index < -0.39 is 0 Å². The predicted molar refractivity (Wildman–Crippen MR) is 71.6 cm³/mol. The molecular formula is C14H24N2O3. The van der Waals surface area contributed by atoms with Gasteiger partial charge in [-0.25, -0.2) is 0 Å². The normalized spacial score (nSPS) is 24.0. The molecule has 19 heavy (non-hydrogen) atoms. The summed E-state index contributed by atoms with van der Waals surface area (Å²) in [7, 11) is 3.31. The van der Waals surface area contributed by atoms with E-state index in [2.05, 4.69) is 4.90 Å². The number of methoxy groups -OCH3 is 1. The van der Waals surface area contributed by atoms with E-state index in [0.29, 0.717) is 19.0 Å². The first-order chi connectivity index (χ1) is 9.11. The summed E-state index contributed by atoms with van der Waals surface area (Å²) in [6, 6.07) is 0.620. The topological polar surface area (TPSA) is 49.9 Å². The van der Waals surface area contributed by atoms with Crippen molar-refractivity contribution in [3.05, 3.63) is 0 Å². The third kappa shape index (κ3) is 3.93. The summed E-state index contributed by atoms with van der Waals surface area (Å²) in [5.41, 5.74) is 0. The molecule has 0 aromatic heterocycles. The van der Waals surface area contributed by atoms with E-state index >= 15 is 0 Å². The molecule has 1 amide bonds. The van der Waals surface area contributed by atoms with Crippen LogP contribution in [0.2, 0.25) is 0 Å². The predicted octanol–water partition coefficient (Wildman–Crippen LogP) is 1.02. The number of likely N-dealkylation sites (N-methyl/N-ethyl adjacent to an activating group) is 1. The summed E-state index contributed by atoms with van der Waals surface area (Å²) in [5, 5.41) is 0. The molecule has 0 aromatic rings. The van der Waals surface area contributed by atoms with E-state index in [1.807, 2.05) is 11.9 Å². The summed E-state index contributed by atoms with van der Waals surface area (Å²) >= 11 is 0. The molecule has 5 heteroatoms. The fourth-order valence-corrected chi connectivity index (χ4v) is 2.73. The lowest BCUT2D eigenvalue weighted by molar-refractivity contribution is -0.143. The van der Waals surface area contributed by atoms with E-state index in [4.69, 9.17) is 4.74 Å². The maximum atomic E-state index is 12.2. The van der Waals surface area contributed by atoms with Gasteiger partial charge in [-0.1, -0.05) is 6.42 Å². The minimum Gasteiger partial charge on any atom is -0.469 e. The number of likely N-dealkylation sites (tertiary alicyclic amines) is 1. The molecule has 5 nitrogen and oxygen atoms in total. The highest BCUT2D eigenvalue weighted by Gasteiger charge is 2.32. The Labute approximate surface area is 114 Å². The maximum Gasteiger partial charge on any atom is 0.307 e. The van der Waals surface area contributed by atoms with Gasteiger partial charge in [0, 0.05) is 19.1 Å². The number of piperidine rings is 1. The van der Waals surface area contributed by atoms with Crippen LogP contribution < -0.4 is 0 Å². The second-order valence-corrected chi connectivity index (χ2v) is 5.64. The smallest absolute Gasteiger partial charge is 0.307 e. The molecule has 1 unspecified atom stereocenters. The van der Waals surface area contributed by atoms with Crippen LogP contribution in [0.3, 0.4) is 0 Å². The van der Waals surface area contributed by atoms with E-state index in [0.717, 1.165) is 38.6 Å². The zero-order valence-electron chi connectivity index (χ0n) is 11.9. The van der Waals surface area contributed by atoms with Crippen molar-refractivity contribution in [3.63, 3.8) is 0 Å². The maximum absolute atomic E-state index is 12.2. The van der Waals surface area contributed by atoms with E-state index in [9.17, 15) is 9.59 Å². The highest BCUT2D eigenvalue weighted by atomic mass is 16.5. The van der Waals surface area contributed by atoms with Crippen LogP contribution in [0.15, 0.2) is 0 Å². The highest BCUT2D eigenvalue weighted by Crippen LogP contribution is 2.26. The summed E-state index contributed by atoms with van der Waals surface area (Å²) in [6.45, 7) is 1.35. The van der Waals surface area contributed by atoms with Gasteiger partial charge in [-0.2, -0.15) is 0 Å². The van der Waals surface area contributed by atoms with Crippen molar-refractivity contribution < 1.29 is 14.3 Å². The molecule has 2 aliphatic rings. The fourth-order valence-electron chi connectivity index (χ4n) is 2.73. The Morgan fingerprint density at radius 1 is 1.26 bits per heavy atom. The van der Waals surface area contributed by atoms with Crippen LogP contribution in [0, 0.1) is 0 Å². The first kappa shape index (κ1) is 14.3. The molecule has 108 valence electrons. The molecule has 2 fully saturated rings. The van der Waals surface area contributed by atoms with Gasteiger partial charge in [-0.05, 0) is 32.2 Å². The van der Waals surface area contributed by atoms with Crippen molar-refractivity contribution in [2.45, 2.75) is 50.6 Å². The molecule has 1 atom stereocenters. The molecule has 0 N–H and O–H groups in total. The molecule has 1 aliphatic carbocycles. The quantitative estimate of drug-likeness (QED) is 0.699. The van der Waals surface area contributed by atoms with Gasteiger partial charge in [0.15, 0.2) is 0 Å². The number of esters is 1. The first-order valence-electron chi connectivity index (χ1n) is 7.18. The van der Waals surface area contributed by atoms with E-state index in [1.165, 1.54) is 7.11 Å². The van der Waals surface area contributed by atoms with Crippen LogP contribution in [-0.4, -0.2) is 61.0 Å². The zero-order chi connectivity index (χ0) is 13.8. The van der Waals surface area contributed by atoms with Crippen molar-refractivity contribution in [1.82, 2.24) is 9.80 Å². The van der Waals surface area contributed by atoms with E-state index in [1.54, 1.807) is 0 Å². The summed E-state index contributed by atoms with van der Waals surface area (Å²) in [5.74, 6) is -0.000776. The monoisotopic (exact) mass is 268 g/mol. The Bertz CT molecular complexity index is 342. The summed E-state index contributed by atoms with van der Waals surface area (Å²) in [4.78, 5) is 27.6. The van der Waals surface area contributed by atoms with Gasteiger partial charge < -0.3 is 9.64 Å². The average Bonchev–Trinajstić information content (AvgIpc) is 3.24. The molecule has 0 aromatic carbocycles. The number of carbonyl (C=O) groups excluding carboxylic acids is 2. The Morgan fingerprint density at radius 3 is 2.63 bits per heavy atom. The number of carbonyl (C=O) groups is 2. The third-order valence-corrected chi connectivity index (χ3v) is 4.21. The Kier molecular flexibility index (Phi) is 4.80. The van der Waals surface area contributed by atoms with Crippen LogP contribution in [0.4, 0.5) is 0 Å². The number of rotatable bonds is 5. The fraction of sp³-hybridized carbons (Fsp3) is 0.857. The van der Waals surface area contributed by atoms with E-state index in [-0.39, 0.29) is 17.9 Å². The second-order valence-electron chi connectivity index (χ2n) is 5.64. The van der Waals surface area contributed by atoms with Crippen molar-refractivity contribution in [1.29, 1.82) is 0 Å². The van der Waals surface area contributed by atoms with Gasteiger partial charge in [-0.3, -0.25) is 14.5 Å².